The number of hydrogen-bond donors (Lipinski definition) is 1. The lowest BCUT2D eigenvalue weighted by molar-refractivity contribution is 0.233. The van der Waals surface area contributed by atoms with Crippen molar-refractivity contribution >= 4 is 5.82 Å². The lowest BCUT2D eigenvalue weighted by Gasteiger charge is -2.38. The Labute approximate surface area is 110 Å². The average Bonchev–Trinajstić information content (AvgIpc) is 2.40. The molecule has 1 aromatic rings. The van der Waals surface area contributed by atoms with Gasteiger partial charge in [-0.1, -0.05) is 6.92 Å². The van der Waals surface area contributed by atoms with Crippen molar-refractivity contribution in [2.75, 3.05) is 38.1 Å². The Balaban J connectivity index is 2.04. The number of aromatic nitrogens is 1. The maximum Gasteiger partial charge on any atom is 0.128 e. The number of likely N-dealkylation sites (N-methyl/N-ethyl adjacent to an activating group) is 1. The van der Waals surface area contributed by atoms with Crippen LogP contribution in [0, 0.1) is 0 Å². The lowest BCUT2D eigenvalue weighted by Crippen LogP contribution is -2.50. The summed E-state index contributed by atoms with van der Waals surface area (Å²) in [5, 5.41) is 3.36. The van der Waals surface area contributed by atoms with Crippen molar-refractivity contribution in [3.63, 3.8) is 0 Å². The van der Waals surface area contributed by atoms with E-state index in [1.165, 1.54) is 5.56 Å². The van der Waals surface area contributed by atoms with E-state index in [0.717, 1.165) is 38.5 Å². The van der Waals surface area contributed by atoms with E-state index in [4.69, 9.17) is 0 Å². The Kier molecular flexibility index (Phi) is 4.55. The molecule has 1 N–H and O–H groups in total. The molecule has 0 bridgehead atoms. The van der Waals surface area contributed by atoms with Crippen LogP contribution < -0.4 is 10.2 Å². The predicted molar refractivity (Wildman–Crippen MR) is 75.9 cm³/mol. The second-order valence-electron chi connectivity index (χ2n) is 5.08. The number of hydrogen-bond acceptors (Lipinski definition) is 4. The maximum atomic E-state index is 4.51. The quantitative estimate of drug-likeness (QED) is 0.871. The molecule has 1 aliphatic heterocycles. The Bertz CT molecular complexity index is 380. The van der Waals surface area contributed by atoms with E-state index >= 15 is 0 Å². The summed E-state index contributed by atoms with van der Waals surface area (Å²) >= 11 is 0. The fourth-order valence-electron chi connectivity index (χ4n) is 2.27. The van der Waals surface area contributed by atoms with Gasteiger partial charge < -0.3 is 15.1 Å². The maximum absolute atomic E-state index is 4.51. The Hall–Kier alpha value is -1.13. The topological polar surface area (TPSA) is 31.4 Å². The van der Waals surface area contributed by atoms with Gasteiger partial charge in [-0.15, -0.1) is 0 Å². The van der Waals surface area contributed by atoms with Gasteiger partial charge in [-0.05, 0) is 38.2 Å². The number of nitrogens with one attached hydrogen (secondary N) is 1. The third-order valence-corrected chi connectivity index (χ3v) is 3.67. The van der Waals surface area contributed by atoms with Gasteiger partial charge in [-0.2, -0.15) is 0 Å². The van der Waals surface area contributed by atoms with Gasteiger partial charge in [0.25, 0.3) is 0 Å². The summed E-state index contributed by atoms with van der Waals surface area (Å²) in [5.41, 5.74) is 1.31. The minimum Gasteiger partial charge on any atom is -0.354 e. The van der Waals surface area contributed by atoms with Gasteiger partial charge in [0.1, 0.15) is 5.82 Å². The fourth-order valence-corrected chi connectivity index (χ4v) is 2.27. The molecule has 1 aromatic heterocycles. The number of nitrogens with zero attached hydrogens (tertiary/aromatic N) is 3. The monoisotopic (exact) mass is 248 g/mol. The summed E-state index contributed by atoms with van der Waals surface area (Å²) in [4.78, 5) is 9.30. The van der Waals surface area contributed by atoms with Crippen molar-refractivity contribution in [1.82, 2.24) is 15.2 Å². The molecule has 0 radical (unpaired) electrons. The van der Waals surface area contributed by atoms with Crippen LogP contribution in [0.4, 0.5) is 5.82 Å². The molecule has 0 spiro atoms. The van der Waals surface area contributed by atoms with Crippen LogP contribution in [0.25, 0.3) is 0 Å². The minimum atomic E-state index is 0.595. The zero-order valence-corrected chi connectivity index (χ0v) is 11.7. The predicted octanol–water partition coefficient (Wildman–Crippen LogP) is 1.33. The summed E-state index contributed by atoms with van der Waals surface area (Å²) in [6, 6.07) is 4.89. The highest BCUT2D eigenvalue weighted by Crippen LogP contribution is 2.17. The number of piperazine rings is 1. The first-order valence-corrected chi connectivity index (χ1v) is 6.81. The number of pyridine rings is 1. The van der Waals surface area contributed by atoms with Crippen LogP contribution in [0.15, 0.2) is 18.3 Å². The molecule has 0 saturated carbocycles. The molecular formula is C14H24N4. The highest BCUT2D eigenvalue weighted by molar-refractivity contribution is 5.41. The molecule has 0 amide bonds. The number of anilines is 1. The molecule has 1 unspecified atom stereocenters. The molecule has 1 aliphatic rings. The SMILES string of the molecule is CCNCc1ccnc(N2CCN(C)C(C)C2)c1. The van der Waals surface area contributed by atoms with Gasteiger partial charge in [0.2, 0.25) is 0 Å². The largest absolute Gasteiger partial charge is 0.354 e. The second kappa shape index (κ2) is 6.16. The van der Waals surface area contributed by atoms with Gasteiger partial charge in [0.15, 0.2) is 0 Å². The van der Waals surface area contributed by atoms with E-state index in [-0.39, 0.29) is 0 Å². The smallest absolute Gasteiger partial charge is 0.128 e. The first kappa shape index (κ1) is 13.3. The molecule has 4 heteroatoms. The molecule has 2 heterocycles. The number of rotatable bonds is 4. The molecule has 0 aliphatic carbocycles. The zero-order valence-electron chi connectivity index (χ0n) is 11.7. The summed E-state index contributed by atoms with van der Waals surface area (Å²) in [5.74, 6) is 1.12. The van der Waals surface area contributed by atoms with Gasteiger partial charge >= 0.3 is 0 Å². The summed E-state index contributed by atoms with van der Waals surface area (Å²) in [6.45, 7) is 9.57. The van der Waals surface area contributed by atoms with Gasteiger partial charge in [0.05, 0.1) is 0 Å². The highest BCUT2D eigenvalue weighted by atomic mass is 15.3. The highest BCUT2D eigenvalue weighted by Gasteiger charge is 2.21. The van der Waals surface area contributed by atoms with E-state index in [9.17, 15) is 0 Å². The molecule has 1 saturated heterocycles. The van der Waals surface area contributed by atoms with Crippen LogP contribution >= 0.6 is 0 Å². The third-order valence-electron chi connectivity index (χ3n) is 3.67. The van der Waals surface area contributed by atoms with Crippen molar-refractivity contribution in [3.05, 3.63) is 23.9 Å². The Morgan fingerprint density at radius 1 is 1.44 bits per heavy atom. The van der Waals surface area contributed by atoms with Crippen LogP contribution in [0.2, 0.25) is 0 Å². The van der Waals surface area contributed by atoms with Gasteiger partial charge in [-0.3, -0.25) is 0 Å². The van der Waals surface area contributed by atoms with Crippen LogP contribution in [-0.2, 0) is 6.54 Å². The van der Waals surface area contributed by atoms with E-state index in [1.807, 2.05) is 6.20 Å². The molecule has 18 heavy (non-hydrogen) atoms. The first-order chi connectivity index (χ1) is 8.70. The Morgan fingerprint density at radius 3 is 3.00 bits per heavy atom. The summed E-state index contributed by atoms with van der Waals surface area (Å²) < 4.78 is 0. The van der Waals surface area contributed by atoms with E-state index in [2.05, 4.69) is 53.1 Å². The van der Waals surface area contributed by atoms with E-state index < -0.39 is 0 Å². The van der Waals surface area contributed by atoms with Crippen molar-refractivity contribution < 1.29 is 0 Å². The van der Waals surface area contributed by atoms with Crippen LogP contribution in [0.3, 0.4) is 0 Å². The zero-order chi connectivity index (χ0) is 13.0. The van der Waals surface area contributed by atoms with E-state index in [1.54, 1.807) is 0 Å². The van der Waals surface area contributed by atoms with Gasteiger partial charge in [-0.25, -0.2) is 4.98 Å². The first-order valence-electron chi connectivity index (χ1n) is 6.81. The molecule has 4 nitrogen and oxygen atoms in total. The minimum absolute atomic E-state index is 0.595. The third kappa shape index (κ3) is 3.21. The molecule has 1 atom stereocenters. The normalized spacial score (nSPS) is 21.3. The lowest BCUT2D eigenvalue weighted by atomic mass is 10.2. The molecule has 0 aromatic carbocycles. The van der Waals surface area contributed by atoms with Crippen molar-refractivity contribution in [2.45, 2.75) is 26.4 Å². The molecule has 1 fully saturated rings. The molecule has 2 rings (SSSR count). The van der Waals surface area contributed by atoms with Crippen molar-refractivity contribution in [1.29, 1.82) is 0 Å². The second-order valence-corrected chi connectivity index (χ2v) is 5.08. The Morgan fingerprint density at radius 2 is 2.28 bits per heavy atom. The van der Waals surface area contributed by atoms with Gasteiger partial charge in [0, 0.05) is 38.4 Å². The van der Waals surface area contributed by atoms with Crippen LogP contribution in [-0.4, -0.2) is 49.2 Å². The van der Waals surface area contributed by atoms with Crippen molar-refractivity contribution in [3.8, 4) is 0 Å². The van der Waals surface area contributed by atoms with Crippen LogP contribution in [0.5, 0.6) is 0 Å². The summed E-state index contributed by atoms with van der Waals surface area (Å²) in [6.07, 6.45) is 1.92. The summed E-state index contributed by atoms with van der Waals surface area (Å²) in [7, 11) is 2.19. The van der Waals surface area contributed by atoms with E-state index in [0.29, 0.717) is 6.04 Å². The van der Waals surface area contributed by atoms with Crippen molar-refractivity contribution in [2.24, 2.45) is 0 Å². The average molecular weight is 248 g/mol. The molecular weight excluding hydrogens is 224 g/mol. The fraction of sp³-hybridized carbons (Fsp3) is 0.643. The van der Waals surface area contributed by atoms with Crippen LogP contribution in [0.1, 0.15) is 19.4 Å². The molecule has 100 valence electrons. The standard InChI is InChI=1S/C14H24N4/c1-4-15-10-13-5-6-16-14(9-13)18-8-7-17(3)12(2)11-18/h5-6,9,12,15H,4,7-8,10-11H2,1-3H3.